The van der Waals surface area contributed by atoms with Gasteiger partial charge in [0, 0.05) is 6.04 Å². The van der Waals surface area contributed by atoms with Crippen LogP contribution in [-0.4, -0.2) is 80.1 Å². The van der Waals surface area contributed by atoms with Gasteiger partial charge in [0.1, 0.15) is 12.1 Å². The van der Waals surface area contributed by atoms with Gasteiger partial charge in [0.05, 0.1) is 38.4 Å². The van der Waals surface area contributed by atoms with Crippen molar-refractivity contribution in [3.05, 3.63) is 71.8 Å². The van der Waals surface area contributed by atoms with E-state index in [0.717, 1.165) is 17.5 Å². The van der Waals surface area contributed by atoms with Crippen molar-refractivity contribution >= 4 is 18.1 Å². The largest absolute Gasteiger partial charge is 0.453 e. The van der Waals surface area contributed by atoms with Gasteiger partial charge in [-0.05, 0) is 42.7 Å². The fourth-order valence-electron chi connectivity index (χ4n) is 5.74. The van der Waals surface area contributed by atoms with E-state index in [9.17, 15) is 19.5 Å². The molecule has 0 bridgehead atoms. The van der Waals surface area contributed by atoms with Gasteiger partial charge in [0.25, 0.3) is 0 Å². The van der Waals surface area contributed by atoms with Crippen LogP contribution in [0.5, 0.6) is 0 Å². The maximum absolute atomic E-state index is 13.5. The number of rotatable bonds is 14. The first kappa shape index (κ1) is 33.2. The molecule has 44 heavy (non-hydrogen) atoms. The Morgan fingerprint density at radius 2 is 1.59 bits per heavy atom. The van der Waals surface area contributed by atoms with Crippen molar-refractivity contribution in [1.29, 1.82) is 0 Å². The highest BCUT2D eigenvalue weighted by atomic mass is 16.7. The number of benzene rings is 2. The van der Waals surface area contributed by atoms with Gasteiger partial charge in [0.15, 0.2) is 6.29 Å². The predicted molar refractivity (Wildman–Crippen MR) is 163 cm³/mol. The first-order valence-corrected chi connectivity index (χ1v) is 15.4. The highest BCUT2D eigenvalue weighted by Crippen LogP contribution is 2.33. The third kappa shape index (κ3) is 9.41. The van der Waals surface area contributed by atoms with E-state index >= 15 is 0 Å². The van der Waals surface area contributed by atoms with Gasteiger partial charge in [-0.1, -0.05) is 80.9 Å². The Kier molecular flexibility index (Phi) is 12.4. The van der Waals surface area contributed by atoms with Crippen molar-refractivity contribution in [2.75, 3.05) is 20.3 Å². The van der Waals surface area contributed by atoms with Crippen molar-refractivity contribution < 1.29 is 38.4 Å². The monoisotopic (exact) mass is 611 g/mol. The molecule has 0 saturated carbocycles. The molecule has 11 heteroatoms. The summed E-state index contributed by atoms with van der Waals surface area (Å²) in [5, 5.41) is 20.2. The van der Waals surface area contributed by atoms with E-state index in [4.69, 9.17) is 18.9 Å². The van der Waals surface area contributed by atoms with Crippen LogP contribution in [0, 0.1) is 11.8 Å². The molecule has 2 aliphatic heterocycles. The van der Waals surface area contributed by atoms with Gasteiger partial charge in [0.2, 0.25) is 5.91 Å². The summed E-state index contributed by atoms with van der Waals surface area (Å²) in [7, 11) is 1.24. The van der Waals surface area contributed by atoms with Gasteiger partial charge < -0.3 is 40.0 Å². The van der Waals surface area contributed by atoms with Crippen molar-refractivity contribution in [2.24, 2.45) is 11.8 Å². The maximum atomic E-state index is 13.5. The molecule has 11 nitrogen and oxygen atoms in total. The summed E-state index contributed by atoms with van der Waals surface area (Å²) in [5.74, 6) is -0.608. The van der Waals surface area contributed by atoms with Crippen molar-refractivity contribution in [3.63, 3.8) is 0 Å². The summed E-state index contributed by atoms with van der Waals surface area (Å²) in [4.78, 5) is 38.7. The number of amides is 3. The zero-order valence-corrected chi connectivity index (χ0v) is 25.6. The topological polar surface area (TPSA) is 144 Å². The SMILES string of the molecule is CC[C@@H](C)[C@H](NC(=O)OC)C(=O)N[C@@H](Cc1ccccc1)[C@@H](O)C[C@H](Cc1ccccc1)NC(=O)O[C@H]1CO[C@H]2OCC[C@H]21. The summed E-state index contributed by atoms with van der Waals surface area (Å²) in [6.45, 7) is 4.64. The number of nitrogens with one attached hydrogen (secondary N) is 3. The normalized spacial score (nSPS) is 22.5. The van der Waals surface area contributed by atoms with E-state index in [1.165, 1.54) is 7.11 Å². The number of hydrogen-bond acceptors (Lipinski definition) is 8. The minimum atomic E-state index is -1.05. The third-order valence-corrected chi connectivity index (χ3v) is 8.46. The molecule has 2 aromatic rings. The van der Waals surface area contributed by atoms with Crippen molar-refractivity contribution in [2.45, 2.75) is 82.6 Å². The Morgan fingerprint density at radius 1 is 0.932 bits per heavy atom. The number of fused-ring (bicyclic) bond motifs is 1. The summed E-state index contributed by atoms with van der Waals surface area (Å²) in [5.41, 5.74) is 1.89. The second-order valence-corrected chi connectivity index (χ2v) is 11.6. The number of ether oxygens (including phenoxy) is 4. The molecular formula is C33H45N3O8. The molecule has 4 N–H and O–H groups in total. The Labute approximate surface area is 259 Å². The van der Waals surface area contributed by atoms with Gasteiger partial charge in [-0.25, -0.2) is 9.59 Å². The Balaban J connectivity index is 1.50. The maximum Gasteiger partial charge on any atom is 0.407 e. The molecule has 2 saturated heterocycles. The predicted octanol–water partition coefficient (Wildman–Crippen LogP) is 3.33. The lowest BCUT2D eigenvalue weighted by Gasteiger charge is -2.31. The minimum Gasteiger partial charge on any atom is -0.453 e. The van der Waals surface area contributed by atoms with Crippen LogP contribution in [0.4, 0.5) is 9.59 Å². The Morgan fingerprint density at radius 3 is 2.23 bits per heavy atom. The second-order valence-electron chi connectivity index (χ2n) is 11.6. The molecule has 0 aliphatic carbocycles. The molecule has 4 rings (SSSR count). The van der Waals surface area contributed by atoms with Gasteiger partial charge >= 0.3 is 12.2 Å². The molecule has 8 atom stereocenters. The van der Waals surface area contributed by atoms with Crippen LogP contribution in [0.2, 0.25) is 0 Å². The molecule has 0 radical (unpaired) electrons. The minimum absolute atomic E-state index is 0.00133. The number of methoxy groups -OCH3 is 1. The number of carbonyl (C=O) groups excluding carboxylic acids is 3. The molecule has 3 amide bonds. The summed E-state index contributed by atoms with van der Waals surface area (Å²) >= 11 is 0. The highest BCUT2D eigenvalue weighted by molar-refractivity contribution is 5.86. The molecule has 0 spiro atoms. The van der Waals surface area contributed by atoms with Crippen LogP contribution in [0.25, 0.3) is 0 Å². The lowest BCUT2D eigenvalue weighted by atomic mass is 9.92. The van der Waals surface area contributed by atoms with E-state index in [0.29, 0.717) is 25.9 Å². The van der Waals surface area contributed by atoms with Crippen molar-refractivity contribution in [3.8, 4) is 0 Å². The standard InChI is InChI=1S/C33H45N3O8/c1-4-21(2)29(36-32(39)41-3)30(38)35-26(18-23-13-9-6-10-14-23)27(37)19-24(17-22-11-7-5-8-12-22)34-33(40)44-28-20-43-31-25(28)15-16-42-31/h5-14,21,24-29,31,37H,4,15-20H2,1-3H3,(H,34,40)(H,35,38)(H,36,39)/t21-,24+,25+,26+,27+,28+,29+,31-/m1/s1. The average Bonchev–Trinajstić information content (AvgIpc) is 3.65. The van der Waals surface area contributed by atoms with Crippen LogP contribution in [0.3, 0.4) is 0 Å². The molecule has 2 heterocycles. The molecule has 0 aromatic heterocycles. The Bertz CT molecular complexity index is 1200. The third-order valence-electron chi connectivity index (χ3n) is 8.46. The number of hydrogen-bond donors (Lipinski definition) is 4. The van der Waals surface area contributed by atoms with E-state index in [2.05, 4.69) is 16.0 Å². The van der Waals surface area contributed by atoms with Crippen LogP contribution >= 0.6 is 0 Å². The number of carbonyl (C=O) groups is 3. The fraction of sp³-hybridized carbons (Fsp3) is 0.545. The lowest BCUT2D eigenvalue weighted by Crippen LogP contribution is -2.56. The molecule has 240 valence electrons. The summed E-state index contributed by atoms with van der Waals surface area (Å²) in [6.07, 6.45) is -0.792. The molecular weight excluding hydrogens is 566 g/mol. The first-order valence-electron chi connectivity index (χ1n) is 15.4. The highest BCUT2D eigenvalue weighted by Gasteiger charge is 2.44. The van der Waals surface area contributed by atoms with Gasteiger partial charge in [-0.15, -0.1) is 0 Å². The van der Waals surface area contributed by atoms with E-state index in [1.54, 1.807) is 0 Å². The second kappa shape index (κ2) is 16.4. The Hall–Kier alpha value is -3.67. The average molecular weight is 612 g/mol. The first-order chi connectivity index (χ1) is 21.3. The summed E-state index contributed by atoms with van der Waals surface area (Å²) in [6, 6.07) is 17.1. The van der Waals surface area contributed by atoms with Crippen LogP contribution < -0.4 is 16.0 Å². The number of alkyl carbamates (subject to hydrolysis) is 2. The molecule has 2 aliphatic rings. The van der Waals surface area contributed by atoms with E-state index < -0.39 is 48.4 Å². The van der Waals surface area contributed by atoms with Gasteiger partial charge in [-0.3, -0.25) is 4.79 Å². The zero-order chi connectivity index (χ0) is 31.5. The quantitative estimate of drug-likeness (QED) is 0.255. The molecule has 0 unspecified atom stereocenters. The smallest absolute Gasteiger partial charge is 0.407 e. The van der Waals surface area contributed by atoms with Crippen LogP contribution in [-0.2, 0) is 36.6 Å². The van der Waals surface area contributed by atoms with Gasteiger partial charge in [-0.2, -0.15) is 0 Å². The molecule has 2 aromatic carbocycles. The summed E-state index contributed by atoms with van der Waals surface area (Å²) < 4.78 is 21.7. The van der Waals surface area contributed by atoms with E-state index in [-0.39, 0.29) is 31.2 Å². The van der Waals surface area contributed by atoms with E-state index in [1.807, 2.05) is 74.5 Å². The zero-order valence-electron chi connectivity index (χ0n) is 25.6. The van der Waals surface area contributed by atoms with Crippen LogP contribution in [0.1, 0.15) is 44.2 Å². The molecule has 2 fully saturated rings. The van der Waals surface area contributed by atoms with Crippen LogP contribution in [0.15, 0.2) is 60.7 Å². The fourth-order valence-corrected chi connectivity index (χ4v) is 5.74. The lowest BCUT2D eigenvalue weighted by molar-refractivity contribution is -0.125. The number of aliphatic hydroxyl groups is 1. The number of aliphatic hydroxyl groups excluding tert-OH is 1. The van der Waals surface area contributed by atoms with Crippen molar-refractivity contribution in [1.82, 2.24) is 16.0 Å².